The van der Waals surface area contributed by atoms with Gasteiger partial charge in [-0.25, -0.2) is 4.39 Å². The average molecular weight is 622 g/mol. The number of hydrogen-bond donors (Lipinski definition) is 3. The number of aryl methyl sites for hydroxylation is 1. The number of amides is 2. The van der Waals surface area contributed by atoms with Gasteiger partial charge in [-0.05, 0) is 90.6 Å². The molecule has 3 N–H and O–H groups in total. The van der Waals surface area contributed by atoms with E-state index in [1.165, 1.54) is 12.1 Å². The third kappa shape index (κ3) is 5.33. The van der Waals surface area contributed by atoms with E-state index in [-0.39, 0.29) is 17.6 Å². The van der Waals surface area contributed by atoms with E-state index < -0.39 is 17.6 Å². The molecule has 2 aliphatic rings. The number of likely N-dealkylation sites (N-methyl/N-ethyl adjacent to an activating group) is 1. The second kappa shape index (κ2) is 11.2. The summed E-state index contributed by atoms with van der Waals surface area (Å²) >= 11 is 6.15. The van der Waals surface area contributed by atoms with Gasteiger partial charge < -0.3 is 20.4 Å². The van der Waals surface area contributed by atoms with Crippen molar-refractivity contribution in [1.82, 2.24) is 25.8 Å². The molecule has 8 nitrogen and oxygen atoms in total. The van der Waals surface area contributed by atoms with E-state index in [9.17, 15) is 14.0 Å². The third-order valence-corrected chi connectivity index (χ3v) is 8.82. The zero-order chi connectivity index (χ0) is 31.3. The van der Waals surface area contributed by atoms with Crippen LogP contribution in [0.25, 0.3) is 22.5 Å². The number of aromatic amines is 1. The molecule has 10 heteroatoms. The van der Waals surface area contributed by atoms with Gasteiger partial charge in [0.2, 0.25) is 5.91 Å². The minimum Gasteiger partial charge on any atom is -0.484 e. The molecule has 0 spiro atoms. The molecule has 2 atom stereocenters. The van der Waals surface area contributed by atoms with Gasteiger partial charge in [0.1, 0.15) is 29.1 Å². The van der Waals surface area contributed by atoms with Crippen molar-refractivity contribution in [2.45, 2.75) is 37.3 Å². The molecule has 226 valence electrons. The summed E-state index contributed by atoms with van der Waals surface area (Å²) in [5.41, 5.74) is 4.81. The van der Waals surface area contributed by atoms with E-state index in [2.05, 4.69) is 25.8 Å². The Kier molecular flexibility index (Phi) is 7.13. The molecule has 1 saturated carbocycles. The summed E-state index contributed by atoms with van der Waals surface area (Å²) in [6, 6.07) is 24.6. The Hall–Kier alpha value is -5.02. The van der Waals surface area contributed by atoms with Gasteiger partial charge in [0.15, 0.2) is 11.6 Å². The van der Waals surface area contributed by atoms with Crippen molar-refractivity contribution in [1.29, 1.82) is 0 Å². The molecule has 0 saturated heterocycles. The van der Waals surface area contributed by atoms with Crippen molar-refractivity contribution in [2.24, 2.45) is 0 Å². The molecule has 2 heterocycles. The van der Waals surface area contributed by atoms with E-state index in [4.69, 9.17) is 16.3 Å². The Morgan fingerprint density at radius 1 is 0.978 bits per heavy atom. The predicted octanol–water partition coefficient (Wildman–Crippen LogP) is 6.62. The molecule has 0 bridgehead atoms. The molecule has 1 aliphatic carbocycles. The maximum Gasteiger partial charge on any atom is 0.252 e. The highest BCUT2D eigenvalue weighted by atomic mass is 35.5. The van der Waals surface area contributed by atoms with Gasteiger partial charge in [0.25, 0.3) is 5.91 Å². The van der Waals surface area contributed by atoms with Crippen LogP contribution in [-0.2, 0) is 10.3 Å². The Bertz CT molecular complexity index is 1950. The second-order valence-electron chi connectivity index (χ2n) is 11.5. The number of carbonyl (C=O) groups excluding carboxylic acids is 2. The highest BCUT2D eigenvalue weighted by molar-refractivity contribution is 6.30. The third-order valence-electron chi connectivity index (χ3n) is 8.58. The molecule has 2 unspecified atom stereocenters. The second-order valence-corrected chi connectivity index (χ2v) is 12.0. The fourth-order valence-electron chi connectivity index (χ4n) is 5.93. The summed E-state index contributed by atoms with van der Waals surface area (Å²) in [6.07, 6.45) is 0.879. The summed E-state index contributed by atoms with van der Waals surface area (Å²) in [7, 11) is 1.58. The number of nitrogens with zero attached hydrogens (tertiary/aromatic N) is 2. The lowest BCUT2D eigenvalue weighted by atomic mass is 9.88. The average Bonchev–Trinajstić information content (AvgIpc) is 3.47. The van der Waals surface area contributed by atoms with E-state index in [1.807, 2.05) is 55.5 Å². The number of ether oxygens (including phenoxy) is 1. The molecule has 4 aromatic carbocycles. The number of rotatable bonds is 7. The summed E-state index contributed by atoms with van der Waals surface area (Å²) in [4.78, 5) is 30.0. The van der Waals surface area contributed by atoms with Crippen molar-refractivity contribution in [2.75, 3.05) is 7.05 Å². The van der Waals surface area contributed by atoms with Gasteiger partial charge in [0, 0.05) is 28.8 Å². The number of H-pyrrole nitrogens is 1. The molecular weight excluding hydrogens is 593 g/mol. The minimum atomic E-state index is -0.629. The minimum absolute atomic E-state index is 0.203. The molecule has 5 aromatic rings. The fraction of sp³-hybridized carbons (Fsp3) is 0.200. The van der Waals surface area contributed by atoms with Gasteiger partial charge in [-0.1, -0.05) is 48.0 Å². The lowest BCUT2D eigenvalue weighted by molar-refractivity contribution is -0.123. The molecule has 0 radical (unpaired) electrons. The topological polar surface area (TPSA) is 109 Å². The van der Waals surface area contributed by atoms with Crippen molar-refractivity contribution < 1.29 is 18.7 Å². The highest BCUT2D eigenvalue weighted by Gasteiger charge is 2.49. The van der Waals surface area contributed by atoms with Crippen LogP contribution in [0.4, 0.5) is 4.39 Å². The molecule has 1 aliphatic heterocycles. The smallest absolute Gasteiger partial charge is 0.252 e. The first-order valence-electron chi connectivity index (χ1n) is 14.6. The van der Waals surface area contributed by atoms with Gasteiger partial charge >= 0.3 is 0 Å². The Balaban J connectivity index is 1.16. The van der Waals surface area contributed by atoms with E-state index in [1.54, 1.807) is 31.3 Å². The van der Waals surface area contributed by atoms with Gasteiger partial charge in [-0.2, -0.15) is 0 Å². The number of halogens is 2. The van der Waals surface area contributed by atoms with E-state index >= 15 is 0 Å². The van der Waals surface area contributed by atoms with Gasteiger partial charge in [0.05, 0.1) is 0 Å². The van der Waals surface area contributed by atoms with Crippen LogP contribution in [0.2, 0.25) is 5.02 Å². The lowest BCUT2D eigenvalue weighted by Gasteiger charge is -2.18. The Morgan fingerprint density at radius 3 is 2.51 bits per heavy atom. The van der Waals surface area contributed by atoms with Gasteiger partial charge in [-0.3, -0.25) is 9.59 Å². The van der Waals surface area contributed by atoms with Crippen molar-refractivity contribution in [3.63, 3.8) is 0 Å². The van der Waals surface area contributed by atoms with E-state index in [0.717, 1.165) is 40.7 Å². The number of fused-ring (bicyclic) bond motifs is 1. The van der Waals surface area contributed by atoms with Crippen LogP contribution in [0.1, 0.15) is 57.7 Å². The van der Waals surface area contributed by atoms with Crippen LogP contribution in [0.5, 0.6) is 5.75 Å². The molecule has 45 heavy (non-hydrogen) atoms. The summed E-state index contributed by atoms with van der Waals surface area (Å²) in [5.74, 6) is 0.367. The van der Waals surface area contributed by atoms with Crippen molar-refractivity contribution in [3.8, 4) is 28.3 Å². The molecule has 1 aromatic heterocycles. The molecule has 1 fully saturated rings. The van der Waals surface area contributed by atoms with Crippen LogP contribution in [0.3, 0.4) is 0 Å². The molecule has 2 amide bonds. The monoisotopic (exact) mass is 621 g/mol. The van der Waals surface area contributed by atoms with Crippen LogP contribution in [0.15, 0.2) is 84.9 Å². The Labute approximate surface area is 264 Å². The maximum absolute atomic E-state index is 13.6. The lowest BCUT2D eigenvalue weighted by Crippen LogP contribution is -2.35. The summed E-state index contributed by atoms with van der Waals surface area (Å²) < 4.78 is 19.8. The quantitative estimate of drug-likeness (QED) is 0.189. The van der Waals surface area contributed by atoms with Crippen LogP contribution in [0, 0.1) is 12.7 Å². The molecular formula is C35H29ClFN5O3. The first-order valence-corrected chi connectivity index (χ1v) is 15.0. The Morgan fingerprint density at radius 2 is 1.78 bits per heavy atom. The first kappa shape index (κ1) is 28.7. The van der Waals surface area contributed by atoms with Crippen LogP contribution >= 0.6 is 11.6 Å². The predicted molar refractivity (Wildman–Crippen MR) is 168 cm³/mol. The zero-order valence-electron chi connectivity index (χ0n) is 24.5. The summed E-state index contributed by atoms with van der Waals surface area (Å²) in [5, 5.41) is 15.2. The summed E-state index contributed by atoms with van der Waals surface area (Å²) in [6.45, 7) is 1.98. The van der Waals surface area contributed by atoms with Crippen molar-refractivity contribution >= 4 is 23.4 Å². The fourth-order valence-corrected chi connectivity index (χ4v) is 6.12. The van der Waals surface area contributed by atoms with Gasteiger partial charge in [-0.15, -0.1) is 10.2 Å². The standard InChI is InChI=1S/C35H29ClFN5O3/c1-19-6-7-23(32(43)40-35(14-15-35)34-39-31(41-42-34)22-4-3-5-24(36)16-22)18-26(19)21-10-13-28-27(17-21)29(33(44)38-2)30(45-28)20-8-11-25(37)12-9-20/h3-13,16-18,29-30H,14-15H2,1-2H3,(H,38,44)(H,40,43)(H,39,41,42). The number of benzene rings is 4. The number of nitrogens with one attached hydrogen (secondary N) is 3. The SMILES string of the molecule is CNC(=O)C1c2cc(-c3cc(C(=O)NC4(c5nnc(-c6cccc(Cl)c6)[nH]5)CC4)ccc3C)ccc2OC1c1ccc(F)cc1. The number of aromatic nitrogens is 3. The molecule has 7 rings (SSSR count). The zero-order valence-corrected chi connectivity index (χ0v) is 25.3. The maximum atomic E-state index is 13.6. The largest absolute Gasteiger partial charge is 0.484 e. The number of carbonyl (C=O) groups is 2. The van der Waals surface area contributed by atoms with Crippen LogP contribution in [-0.4, -0.2) is 34.0 Å². The van der Waals surface area contributed by atoms with E-state index in [0.29, 0.717) is 33.5 Å². The van der Waals surface area contributed by atoms with Crippen LogP contribution < -0.4 is 15.4 Å². The highest BCUT2D eigenvalue weighted by Crippen LogP contribution is 2.48. The normalized spacial score (nSPS) is 17.7. The first-order chi connectivity index (χ1) is 21.7. The van der Waals surface area contributed by atoms with Crippen molar-refractivity contribution in [3.05, 3.63) is 124 Å². The number of hydrogen-bond acceptors (Lipinski definition) is 5.